The van der Waals surface area contributed by atoms with Gasteiger partial charge in [0.05, 0.1) is 39.8 Å². The van der Waals surface area contributed by atoms with Crippen LogP contribution in [0.1, 0.15) is 28.1 Å². The van der Waals surface area contributed by atoms with Crippen LogP contribution in [0.5, 0.6) is 0 Å². The molecular formula is C66H50F3IrN8-3. The van der Waals surface area contributed by atoms with Crippen LogP contribution in [0.4, 0.5) is 13.2 Å². The van der Waals surface area contributed by atoms with Crippen LogP contribution in [0.2, 0.25) is 0 Å². The Balaban J connectivity index is 0.000000150. The minimum atomic E-state index is -4.57. The molecule has 0 saturated carbocycles. The van der Waals surface area contributed by atoms with E-state index in [9.17, 15) is 13.2 Å². The van der Waals surface area contributed by atoms with Gasteiger partial charge in [0.1, 0.15) is 5.82 Å². The van der Waals surface area contributed by atoms with Crippen molar-refractivity contribution in [1.29, 1.82) is 0 Å². The van der Waals surface area contributed by atoms with E-state index < -0.39 is 12.0 Å². The molecule has 12 heteroatoms. The largest absolute Gasteiger partial charge is 0.429 e. The number of halogens is 3. The minimum Gasteiger partial charge on any atom is -0.413 e. The van der Waals surface area contributed by atoms with Crippen molar-refractivity contribution in [3.63, 3.8) is 0 Å². The summed E-state index contributed by atoms with van der Waals surface area (Å²) in [6.45, 7) is 8.38. The SMILES string of the molecule is Cc1c[c-]c(-n2[c-][n+](-c3ccc(C)cc3)c(-c3ccccc3)c2-c2ccccc2)cc1.Cc1c[c-]c(-n2[c-][n+](-c3ccc(C)cc3)c(-c3ccccc3)c2-c2ccccc2)cc1.FC(F)(F)c1n[n-]c(-c2ccccn2)n1.[Ir]. The fourth-order valence-corrected chi connectivity index (χ4v) is 8.61. The van der Waals surface area contributed by atoms with Gasteiger partial charge in [-0.25, -0.2) is 0 Å². The molecule has 0 atom stereocenters. The van der Waals surface area contributed by atoms with Crippen LogP contribution >= 0.6 is 0 Å². The van der Waals surface area contributed by atoms with Gasteiger partial charge in [-0.3, -0.25) is 19.2 Å². The molecule has 0 bridgehead atoms. The fourth-order valence-electron chi connectivity index (χ4n) is 8.61. The second-order valence-corrected chi connectivity index (χ2v) is 18.2. The Morgan fingerprint density at radius 2 is 0.833 bits per heavy atom. The number of imidazole rings is 2. The molecule has 0 aliphatic heterocycles. The molecule has 0 unspecified atom stereocenters. The van der Waals surface area contributed by atoms with Gasteiger partial charge >= 0.3 is 6.18 Å². The van der Waals surface area contributed by atoms with Crippen molar-refractivity contribution in [3.05, 3.63) is 284 Å². The van der Waals surface area contributed by atoms with Crippen LogP contribution in [0.25, 0.3) is 79.3 Å². The minimum absolute atomic E-state index is 0. The molecule has 4 aromatic heterocycles. The van der Waals surface area contributed by atoms with E-state index in [1.165, 1.54) is 34.5 Å². The third-order valence-corrected chi connectivity index (χ3v) is 12.5. The number of hydrogen-bond acceptors (Lipinski definition) is 3. The molecule has 12 aromatic rings. The molecule has 0 fully saturated rings. The molecule has 0 aliphatic rings. The molecule has 0 N–H and O–H groups in total. The number of aryl methyl sites for hydroxylation is 4. The maximum atomic E-state index is 12.1. The van der Waals surface area contributed by atoms with E-state index in [0.29, 0.717) is 0 Å². The summed E-state index contributed by atoms with van der Waals surface area (Å²) in [6.07, 6.45) is 4.12. The molecule has 0 amide bonds. The molecule has 0 spiro atoms. The van der Waals surface area contributed by atoms with Crippen molar-refractivity contribution in [1.82, 2.24) is 29.3 Å². The summed E-state index contributed by atoms with van der Waals surface area (Å²) in [4.78, 5) is 7.05. The van der Waals surface area contributed by atoms with Crippen LogP contribution in [-0.2, 0) is 26.3 Å². The predicted octanol–water partition coefficient (Wildman–Crippen LogP) is 14.1. The topological polar surface area (TPSA) is 70.4 Å². The molecule has 8 aromatic carbocycles. The van der Waals surface area contributed by atoms with Gasteiger partial charge in [-0.15, -0.1) is 0 Å². The monoisotopic (exact) mass is 1200 g/mol. The molecule has 78 heavy (non-hydrogen) atoms. The Morgan fingerprint density at radius 1 is 0.449 bits per heavy atom. The van der Waals surface area contributed by atoms with Crippen LogP contribution in [0.3, 0.4) is 0 Å². The third-order valence-electron chi connectivity index (χ3n) is 12.5. The zero-order valence-electron chi connectivity index (χ0n) is 43.0. The van der Waals surface area contributed by atoms with Crippen molar-refractivity contribution in [3.8, 4) is 79.3 Å². The average molecular weight is 1200 g/mol. The van der Waals surface area contributed by atoms with E-state index in [-0.39, 0.29) is 31.6 Å². The van der Waals surface area contributed by atoms with Crippen LogP contribution in [0.15, 0.2) is 231 Å². The second-order valence-electron chi connectivity index (χ2n) is 18.2. The first-order chi connectivity index (χ1) is 37.5. The summed E-state index contributed by atoms with van der Waals surface area (Å²) in [5, 5.41) is 6.25. The molecule has 0 saturated heterocycles. The first-order valence-electron chi connectivity index (χ1n) is 24.9. The summed E-state index contributed by atoms with van der Waals surface area (Å²) in [5.41, 5.74) is 18.1. The molecule has 12 rings (SSSR count). The molecule has 4 heterocycles. The van der Waals surface area contributed by atoms with Crippen molar-refractivity contribution in [2.45, 2.75) is 33.9 Å². The Kier molecular flexibility index (Phi) is 16.7. The van der Waals surface area contributed by atoms with Gasteiger partial charge in [-0.05, 0) is 89.7 Å². The summed E-state index contributed by atoms with van der Waals surface area (Å²) in [7, 11) is 0. The van der Waals surface area contributed by atoms with Crippen molar-refractivity contribution in [2.75, 3.05) is 0 Å². The molecular weight excluding hydrogens is 1150 g/mol. The number of benzene rings is 8. The second kappa shape index (κ2) is 24.3. The van der Waals surface area contributed by atoms with Gasteiger partial charge in [-0.2, -0.15) is 72.8 Å². The smallest absolute Gasteiger partial charge is 0.413 e. The van der Waals surface area contributed by atoms with Crippen LogP contribution in [0, 0.1) is 52.5 Å². The van der Waals surface area contributed by atoms with Gasteiger partial charge in [0.25, 0.3) is 12.7 Å². The summed E-state index contributed by atoms with van der Waals surface area (Å²) in [5.74, 6) is -1.37. The van der Waals surface area contributed by atoms with E-state index in [0.717, 1.165) is 67.8 Å². The van der Waals surface area contributed by atoms with Crippen LogP contribution in [-0.4, -0.2) is 24.2 Å². The fraction of sp³-hybridized carbons (Fsp3) is 0.0758. The van der Waals surface area contributed by atoms with Crippen molar-refractivity contribution in [2.24, 2.45) is 0 Å². The summed E-state index contributed by atoms with van der Waals surface area (Å²) >= 11 is 0. The summed E-state index contributed by atoms with van der Waals surface area (Å²) in [6, 6.07) is 83.4. The normalized spacial score (nSPS) is 10.9. The van der Waals surface area contributed by atoms with E-state index in [1.54, 1.807) is 12.1 Å². The molecule has 1 radical (unpaired) electrons. The Hall–Kier alpha value is -9.09. The van der Waals surface area contributed by atoms with E-state index in [2.05, 4.69) is 285 Å². The predicted molar refractivity (Wildman–Crippen MR) is 294 cm³/mol. The average Bonchev–Trinajstić information content (AvgIpc) is 4.27. The first kappa shape index (κ1) is 53.7. The number of nitrogens with zero attached hydrogens (tertiary/aromatic N) is 8. The number of pyridine rings is 1. The molecule has 0 aliphatic carbocycles. The molecule has 8 nitrogen and oxygen atoms in total. The van der Waals surface area contributed by atoms with Crippen LogP contribution < -0.4 is 14.2 Å². The number of alkyl halides is 3. The quantitative estimate of drug-likeness (QED) is 0.107. The van der Waals surface area contributed by atoms with Gasteiger partial charge in [0.15, 0.2) is 0 Å². The van der Waals surface area contributed by atoms with E-state index in [1.807, 2.05) is 12.1 Å². The maximum absolute atomic E-state index is 12.1. The molecule has 387 valence electrons. The van der Waals surface area contributed by atoms with E-state index >= 15 is 0 Å². The maximum Gasteiger partial charge on any atom is 0.429 e. The zero-order valence-corrected chi connectivity index (χ0v) is 45.4. The Labute approximate surface area is 465 Å². The number of aromatic nitrogens is 8. The van der Waals surface area contributed by atoms with Crippen molar-refractivity contribution >= 4 is 0 Å². The Morgan fingerprint density at radius 3 is 1.18 bits per heavy atom. The number of rotatable bonds is 9. The Bertz CT molecular complexity index is 3410. The van der Waals surface area contributed by atoms with Gasteiger partial charge in [0, 0.05) is 26.3 Å². The van der Waals surface area contributed by atoms with Gasteiger partial charge < -0.3 is 19.2 Å². The van der Waals surface area contributed by atoms with Gasteiger partial charge in [0.2, 0.25) is 0 Å². The zero-order chi connectivity index (χ0) is 53.3. The summed E-state index contributed by atoms with van der Waals surface area (Å²) < 4.78 is 45.0. The van der Waals surface area contributed by atoms with Gasteiger partial charge in [-0.1, -0.05) is 177 Å². The standard InChI is InChI=1S/2C29H23N2.C8H4F3N4.Ir/c2*1-22-13-17-26(18-14-22)30-21-31(27-19-15-23(2)16-20-27)29(25-11-7-4-8-12-25)28(30)24-9-5-3-6-10-24;9-8(10,11)7-13-6(14-15-7)5-3-1-2-4-12-5;/h2*3-19H,1-2H3;1-4H;/q3*-1;. The van der Waals surface area contributed by atoms with E-state index in [4.69, 9.17) is 0 Å². The van der Waals surface area contributed by atoms with Crippen molar-refractivity contribution < 1.29 is 42.4 Å². The first-order valence-corrected chi connectivity index (χ1v) is 24.9. The third kappa shape index (κ3) is 12.3. The number of hydrogen-bond donors (Lipinski definition) is 0.